The summed E-state index contributed by atoms with van der Waals surface area (Å²) in [6.07, 6.45) is 4.89. The molecular weight excluding hydrogens is 294 g/mol. The maximum absolute atomic E-state index is 6.08. The van der Waals surface area contributed by atoms with E-state index < -0.39 is 0 Å². The average molecular weight is 324 g/mol. The molecule has 1 aromatic rings. The Morgan fingerprint density at radius 3 is 2.86 bits per heavy atom. The minimum absolute atomic E-state index is 0.562. The average Bonchev–Trinajstić information content (AvgIpc) is 2.52. The number of thiol groups is 1. The third-order valence-electron chi connectivity index (χ3n) is 4.29. The third kappa shape index (κ3) is 4.46. The topological polar surface area (TPSA) is 41.7 Å². The zero-order valence-electron chi connectivity index (χ0n) is 13.8. The highest BCUT2D eigenvalue weighted by molar-refractivity contribution is 7.80. The molecule has 4 nitrogen and oxygen atoms in total. The lowest BCUT2D eigenvalue weighted by Crippen LogP contribution is -2.40. The lowest BCUT2D eigenvalue weighted by Gasteiger charge is -2.38. The molecule has 1 aromatic carbocycles. The highest BCUT2D eigenvalue weighted by atomic mass is 32.1. The van der Waals surface area contributed by atoms with Gasteiger partial charge in [-0.1, -0.05) is 0 Å². The van der Waals surface area contributed by atoms with Gasteiger partial charge in [0.2, 0.25) is 0 Å². The number of anilines is 3. The van der Waals surface area contributed by atoms with Crippen LogP contribution in [0.5, 0.6) is 0 Å². The van der Waals surface area contributed by atoms with Crippen LogP contribution in [0.15, 0.2) is 18.2 Å². The maximum atomic E-state index is 6.08. The fraction of sp³-hybridized carbons (Fsp3) is 0.647. The molecule has 124 valence electrons. The van der Waals surface area contributed by atoms with Crippen molar-refractivity contribution in [3.8, 4) is 0 Å². The Morgan fingerprint density at radius 1 is 1.32 bits per heavy atom. The Balaban J connectivity index is 2.08. The third-order valence-corrected chi connectivity index (χ3v) is 4.47. The number of ether oxygens (including phenoxy) is 1. The smallest absolute Gasteiger partial charge is 0.0615 e. The summed E-state index contributed by atoms with van der Waals surface area (Å²) >= 11 is 4.18. The van der Waals surface area contributed by atoms with E-state index in [0.717, 1.165) is 43.3 Å². The Hall–Kier alpha value is -1.07. The molecule has 1 aliphatic heterocycles. The van der Waals surface area contributed by atoms with Gasteiger partial charge in [-0.25, -0.2) is 0 Å². The van der Waals surface area contributed by atoms with Gasteiger partial charge in [-0.2, -0.15) is 12.6 Å². The first-order valence-corrected chi connectivity index (χ1v) is 8.79. The molecule has 1 fully saturated rings. The molecule has 0 radical (unpaired) electrons. The number of hydrogen-bond donors (Lipinski definition) is 2. The Labute approximate surface area is 140 Å². The highest BCUT2D eigenvalue weighted by Crippen LogP contribution is 2.32. The van der Waals surface area contributed by atoms with Crippen molar-refractivity contribution in [2.75, 3.05) is 55.1 Å². The summed E-state index contributed by atoms with van der Waals surface area (Å²) in [5, 5.41) is 0. The standard InChI is InChI=1S/C17H29N3OS/c1-19(2)17-13-15(6-7-16(17)18)20-9-4-3-5-14(20)8-10-21-11-12-22/h6-7,13-14,22H,3-5,8-12,18H2,1-2H3. The van der Waals surface area contributed by atoms with E-state index in [1.54, 1.807) is 0 Å². The normalized spacial score (nSPS) is 18.5. The first-order chi connectivity index (χ1) is 10.6. The van der Waals surface area contributed by atoms with Crippen molar-refractivity contribution >= 4 is 29.7 Å². The molecule has 0 saturated carbocycles. The van der Waals surface area contributed by atoms with Gasteiger partial charge in [-0.05, 0) is 43.9 Å². The largest absolute Gasteiger partial charge is 0.397 e. The van der Waals surface area contributed by atoms with Crippen LogP contribution >= 0.6 is 12.6 Å². The van der Waals surface area contributed by atoms with Crippen molar-refractivity contribution in [2.45, 2.75) is 31.7 Å². The molecule has 5 heteroatoms. The van der Waals surface area contributed by atoms with Gasteiger partial charge >= 0.3 is 0 Å². The summed E-state index contributed by atoms with van der Waals surface area (Å²) in [6, 6.07) is 6.94. The van der Waals surface area contributed by atoms with Crippen molar-refractivity contribution in [1.82, 2.24) is 0 Å². The monoisotopic (exact) mass is 323 g/mol. The summed E-state index contributed by atoms with van der Waals surface area (Å²) in [7, 11) is 4.07. The van der Waals surface area contributed by atoms with Crippen LogP contribution in [0.2, 0.25) is 0 Å². The summed E-state index contributed by atoms with van der Waals surface area (Å²) in [5.74, 6) is 0.790. The minimum Gasteiger partial charge on any atom is -0.397 e. The SMILES string of the molecule is CN(C)c1cc(N2CCCCC2CCOCCS)ccc1N. The van der Waals surface area contributed by atoms with Gasteiger partial charge in [0.25, 0.3) is 0 Å². The summed E-state index contributed by atoms with van der Waals surface area (Å²) < 4.78 is 5.62. The van der Waals surface area contributed by atoms with Crippen molar-refractivity contribution in [3.05, 3.63) is 18.2 Å². The van der Waals surface area contributed by atoms with Gasteiger partial charge in [0.15, 0.2) is 0 Å². The van der Waals surface area contributed by atoms with E-state index in [0.29, 0.717) is 6.04 Å². The van der Waals surface area contributed by atoms with Crippen LogP contribution in [0.1, 0.15) is 25.7 Å². The zero-order chi connectivity index (χ0) is 15.9. The summed E-state index contributed by atoms with van der Waals surface area (Å²) in [6.45, 7) is 2.67. The van der Waals surface area contributed by atoms with E-state index in [9.17, 15) is 0 Å². The van der Waals surface area contributed by atoms with Gasteiger partial charge in [-0.15, -0.1) is 0 Å². The second kappa shape index (κ2) is 8.53. The van der Waals surface area contributed by atoms with E-state index >= 15 is 0 Å². The zero-order valence-corrected chi connectivity index (χ0v) is 14.7. The molecule has 1 saturated heterocycles. The Bertz CT molecular complexity index is 467. The van der Waals surface area contributed by atoms with Crippen LogP contribution in [0.4, 0.5) is 17.1 Å². The Morgan fingerprint density at radius 2 is 2.14 bits per heavy atom. The predicted octanol–water partition coefficient (Wildman–Crippen LogP) is 3.03. The molecule has 1 aliphatic rings. The van der Waals surface area contributed by atoms with Gasteiger partial charge in [-0.3, -0.25) is 0 Å². The highest BCUT2D eigenvalue weighted by Gasteiger charge is 2.23. The lowest BCUT2D eigenvalue weighted by molar-refractivity contribution is 0.139. The van der Waals surface area contributed by atoms with E-state index in [1.807, 2.05) is 20.2 Å². The molecule has 0 aromatic heterocycles. The predicted molar refractivity (Wildman–Crippen MR) is 99.5 cm³/mol. The maximum Gasteiger partial charge on any atom is 0.0615 e. The summed E-state index contributed by atoms with van der Waals surface area (Å²) in [4.78, 5) is 4.60. The van der Waals surface area contributed by atoms with Crippen molar-refractivity contribution in [1.29, 1.82) is 0 Å². The molecule has 0 spiro atoms. The molecule has 22 heavy (non-hydrogen) atoms. The van der Waals surface area contributed by atoms with Crippen LogP contribution < -0.4 is 15.5 Å². The molecule has 0 bridgehead atoms. The number of piperidine rings is 1. The first kappa shape index (κ1) is 17.3. The van der Waals surface area contributed by atoms with E-state index in [4.69, 9.17) is 10.5 Å². The van der Waals surface area contributed by atoms with Crippen LogP contribution in [0.25, 0.3) is 0 Å². The number of nitrogen functional groups attached to an aromatic ring is 1. The number of rotatable bonds is 7. The summed E-state index contributed by atoms with van der Waals surface area (Å²) in [5.41, 5.74) is 9.28. The van der Waals surface area contributed by atoms with Gasteiger partial charge in [0.1, 0.15) is 0 Å². The van der Waals surface area contributed by atoms with E-state index in [1.165, 1.54) is 24.9 Å². The number of nitrogens with zero attached hydrogens (tertiary/aromatic N) is 2. The fourth-order valence-corrected chi connectivity index (χ4v) is 3.25. The van der Waals surface area contributed by atoms with Gasteiger partial charge in [0, 0.05) is 44.7 Å². The van der Waals surface area contributed by atoms with Gasteiger partial charge in [0.05, 0.1) is 18.0 Å². The van der Waals surface area contributed by atoms with Crippen LogP contribution in [0.3, 0.4) is 0 Å². The fourth-order valence-electron chi connectivity index (χ4n) is 3.12. The quantitative estimate of drug-likeness (QED) is 0.460. The molecular formula is C17H29N3OS. The van der Waals surface area contributed by atoms with Crippen molar-refractivity contribution in [2.24, 2.45) is 0 Å². The molecule has 2 N–H and O–H groups in total. The second-order valence-electron chi connectivity index (χ2n) is 6.11. The van der Waals surface area contributed by atoms with Gasteiger partial charge < -0.3 is 20.3 Å². The van der Waals surface area contributed by atoms with Crippen molar-refractivity contribution < 1.29 is 4.74 Å². The number of nitrogens with two attached hydrogens (primary N) is 1. The van der Waals surface area contributed by atoms with Crippen molar-refractivity contribution in [3.63, 3.8) is 0 Å². The van der Waals surface area contributed by atoms with Crippen LogP contribution in [0, 0.1) is 0 Å². The minimum atomic E-state index is 0.562. The van der Waals surface area contributed by atoms with E-state index in [-0.39, 0.29) is 0 Å². The number of benzene rings is 1. The molecule has 1 heterocycles. The lowest BCUT2D eigenvalue weighted by atomic mass is 9.98. The molecule has 1 unspecified atom stereocenters. The molecule has 1 atom stereocenters. The Kier molecular flexibility index (Phi) is 6.70. The van der Waals surface area contributed by atoms with E-state index in [2.05, 4.69) is 34.6 Å². The molecule has 0 aliphatic carbocycles. The number of hydrogen-bond acceptors (Lipinski definition) is 5. The molecule has 0 amide bonds. The second-order valence-corrected chi connectivity index (χ2v) is 6.55. The first-order valence-electron chi connectivity index (χ1n) is 8.15. The van der Waals surface area contributed by atoms with Crippen LogP contribution in [-0.2, 0) is 4.74 Å². The molecule has 2 rings (SSSR count). The van der Waals surface area contributed by atoms with Crippen LogP contribution in [-0.4, -0.2) is 45.6 Å².